The Hall–Kier alpha value is -7.47. The molecular formula is C57H55N3O9. The Labute approximate surface area is 401 Å². The molecule has 0 spiro atoms. The van der Waals surface area contributed by atoms with Crippen LogP contribution in [0.3, 0.4) is 0 Å². The number of carbonyl (C=O) groups is 4. The van der Waals surface area contributed by atoms with Gasteiger partial charge in [0.15, 0.2) is 5.75 Å². The van der Waals surface area contributed by atoms with Gasteiger partial charge in [-0.3, -0.25) is 19.2 Å². The number of hydrogen-bond donors (Lipinski definition) is 0. The lowest BCUT2D eigenvalue weighted by atomic mass is 9.82. The maximum Gasteiger partial charge on any atom is 0.314 e. The van der Waals surface area contributed by atoms with E-state index in [1.54, 1.807) is 18.2 Å². The van der Waals surface area contributed by atoms with E-state index in [2.05, 4.69) is 24.0 Å². The van der Waals surface area contributed by atoms with Crippen molar-refractivity contribution in [1.82, 2.24) is 15.2 Å². The van der Waals surface area contributed by atoms with Gasteiger partial charge >= 0.3 is 23.9 Å². The summed E-state index contributed by atoms with van der Waals surface area (Å²) in [6, 6.07) is 39.2. The van der Waals surface area contributed by atoms with Crippen LogP contribution < -0.4 is 18.9 Å². The number of hydrogen-bond acceptors (Lipinski definition) is 12. The van der Waals surface area contributed by atoms with Gasteiger partial charge in [0, 0.05) is 5.56 Å². The van der Waals surface area contributed by atoms with Crippen LogP contribution in [0, 0.1) is 23.7 Å². The molecule has 0 atom stereocenters. The molecule has 0 bridgehead atoms. The van der Waals surface area contributed by atoms with E-state index < -0.39 is 23.8 Å². The smallest absolute Gasteiger partial charge is 0.314 e. The molecule has 12 nitrogen and oxygen atoms in total. The van der Waals surface area contributed by atoms with Crippen molar-refractivity contribution >= 4 is 34.8 Å². The predicted octanol–water partition coefficient (Wildman–Crippen LogP) is 12.2. The highest BCUT2D eigenvalue weighted by Crippen LogP contribution is 2.43. The highest BCUT2D eigenvalue weighted by atomic mass is 16.5. The summed E-state index contributed by atoms with van der Waals surface area (Å²) in [4.78, 5) is 59.6. The van der Waals surface area contributed by atoms with Crippen LogP contribution in [-0.2, 0) is 32.0 Å². The van der Waals surface area contributed by atoms with Gasteiger partial charge in [0.25, 0.3) is 5.89 Å². The van der Waals surface area contributed by atoms with E-state index in [1.165, 1.54) is 11.1 Å². The van der Waals surface area contributed by atoms with Crippen molar-refractivity contribution in [2.45, 2.75) is 90.9 Å². The van der Waals surface area contributed by atoms with Crippen molar-refractivity contribution in [2.75, 3.05) is 0 Å². The van der Waals surface area contributed by atoms with E-state index >= 15 is 0 Å². The first-order chi connectivity index (χ1) is 33.7. The fourth-order valence-electron chi connectivity index (χ4n) is 9.37. The van der Waals surface area contributed by atoms with Crippen molar-refractivity contribution in [2.24, 2.45) is 23.7 Å². The van der Waals surface area contributed by atoms with Gasteiger partial charge in [-0.2, -0.15) is 0 Å². The highest BCUT2D eigenvalue weighted by molar-refractivity contribution is 6.04. The molecule has 2 aromatic heterocycles. The zero-order chi connectivity index (χ0) is 47.7. The number of aryl methyl sites for hydroxylation is 2. The minimum Gasteiger partial charge on any atom is -0.426 e. The first-order valence-electron chi connectivity index (χ1n) is 24.2. The summed E-state index contributed by atoms with van der Waals surface area (Å²) in [6.07, 6.45) is 7.65. The van der Waals surface area contributed by atoms with Crippen LogP contribution in [-0.4, -0.2) is 39.1 Å². The minimum atomic E-state index is -0.477. The number of benzene rings is 5. The number of aromatic nitrogens is 3. The molecule has 2 saturated carbocycles. The molecule has 2 fully saturated rings. The van der Waals surface area contributed by atoms with Crippen LogP contribution in [0.1, 0.15) is 89.2 Å². The maximum absolute atomic E-state index is 14.1. The van der Waals surface area contributed by atoms with Crippen LogP contribution in [0.5, 0.6) is 23.0 Å². The van der Waals surface area contributed by atoms with E-state index in [0.29, 0.717) is 85.4 Å². The average Bonchev–Trinajstić information content (AvgIpc) is 3.89. The summed E-state index contributed by atoms with van der Waals surface area (Å²) in [6.45, 7) is 4.24. The Bertz CT molecular complexity index is 2900. The molecular weight excluding hydrogens is 871 g/mol. The van der Waals surface area contributed by atoms with Gasteiger partial charge in [0.05, 0.1) is 29.1 Å². The standard InChI is InChI=1S/C57H55N3O9/c1-3-11-36-17-29-44(30-18-36)65-54(61)40-21-25-42(26-22-40)56(63)67-48-33-34-49(68-57(64)43-27-23-41(24-28-43)55(62)66-45-31-19-37(12-4-2)20-32-45)51-50(48)46(38-13-7-5-8-14-38)35-47(58-51)53-60-59-52(69-53)39-15-9-6-10-16-39/h5-10,13-20,29-35,40-43H,3-4,11-12,21-28H2,1-2H3/t40-,41-,42-,43-. The third-order valence-electron chi connectivity index (χ3n) is 13.2. The number of nitrogens with zero attached hydrogens (tertiary/aromatic N) is 3. The zero-order valence-electron chi connectivity index (χ0n) is 38.9. The molecule has 2 heterocycles. The molecule has 5 aromatic carbocycles. The summed E-state index contributed by atoms with van der Waals surface area (Å²) in [5.74, 6) is -1.27. The second-order valence-corrected chi connectivity index (χ2v) is 18.1. The molecule has 0 aliphatic heterocycles. The van der Waals surface area contributed by atoms with Gasteiger partial charge in [-0.1, -0.05) is 99.5 Å². The Balaban J connectivity index is 0.965. The molecule has 0 saturated heterocycles. The van der Waals surface area contributed by atoms with Crippen LogP contribution >= 0.6 is 0 Å². The third-order valence-corrected chi connectivity index (χ3v) is 13.2. The van der Waals surface area contributed by atoms with E-state index in [-0.39, 0.29) is 46.7 Å². The normalized spacial score (nSPS) is 18.0. The molecule has 12 heteroatoms. The van der Waals surface area contributed by atoms with E-state index in [0.717, 1.165) is 36.8 Å². The Morgan fingerprint density at radius 1 is 0.493 bits per heavy atom. The summed E-state index contributed by atoms with van der Waals surface area (Å²) in [5.41, 5.74) is 5.08. The first-order valence-corrected chi connectivity index (χ1v) is 24.2. The van der Waals surface area contributed by atoms with Crippen molar-refractivity contribution in [3.63, 3.8) is 0 Å². The predicted molar refractivity (Wildman–Crippen MR) is 260 cm³/mol. The molecule has 0 unspecified atom stereocenters. The summed E-state index contributed by atoms with van der Waals surface area (Å²) in [7, 11) is 0. The molecule has 2 aliphatic rings. The molecule has 0 N–H and O–H groups in total. The number of ether oxygens (including phenoxy) is 4. The summed E-state index contributed by atoms with van der Waals surface area (Å²) in [5, 5.41) is 9.13. The van der Waals surface area contributed by atoms with E-state index in [1.807, 2.05) is 109 Å². The van der Waals surface area contributed by atoms with Gasteiger partial charge < -0.3 is 23.4 Å². The third kappa shape index (κ3) is 11.1. The van der Waals surface area contributed by atoms with Gasteiger partial charge in [0.2, 0.25) is 5.89 Å². The number of carbonyl (C=O) groups excluding carboxylic acids is 4. The fourth-order valence-corrected chi connectivity index (χ4v) is 9.37. The van der Waals surface area contributed by atoms with Crippen LogP contribution in [0.15, 0.2) is 132 Å². The quantitative estimate of drug-likeness (QED) is 0.0709. The number of rotatable bonds is 15. The van der Waals surface area contributed by atoms with E-state index in [4.69, 9.17) is 28.3 Å². The molecule has 0 radical (unpaired) electrons. The lowest BCUT2D eigenvalue weighted by Gasteiger charge is -2.26. The second-order valence-electron chi connectivity index (χ2n) is 18.1. The first kappa shape index (κ1) is 46.6. The molecule has 9 rings (SSSR count). The van der Waals surface area contributed by atoms with Crippen LogP contribution in [0.2, 0.25) is 0 Å². The molecule has 352 valence electrons. The Kier molecular flexibility index (Phi) is 14.6. The fraction of sp³-hybridized carbons (Fsp3) is 0.316. The molecule has 69 heavy (non-hydrogen) atoms. The lowest BCUT2D eigenvalue weighted by molar-refractivity contribution is -0.145. The number of esters is 4. The largest absolute Gasteiger partial charge is 0.426 e. The van der Waals surface area contributed by atoms with Gasteiger partial charge in [-0.05, 0) is 141 Å². The van der Waals surface area contributed by atoms with Crippen molar-refractivity contribution < 1.29 is 42.5 Å². The van der Waals surface area contributed by atoms with Crippen LogP contribution in [0.4, 0.5) is 0 Å². The second kappa shape index (κ2) is 21.7. The average molecular weight is 926 g/mol. The topological polar surface area (TPSA) is 157 Å². The van der Waals surface area contributed by atoms with Gasteiger partial charge in [-0.25, -0.2) is 4.98 Å². The summed E-state index contributed by atoms with van der Waals surface area (Å²) >= 11 is 0. The zero-order valence-corrected chi connectivity index (χ0v) is 38.9. The van der Waals surface area contributed by atoms with Crippen LogP contribution in [0.25, 0.3) is 45.1 Å². The highest BCUT2D eigenvalue weighted by Gasteiger charge is 2.35. The SMILES string of the molecule is CCCc1ccc(OC(=O)[C@H]2CC[C@H](C(=O)Oc3ccc(OC(=O)[C@H]4CC[C@H](C(=O)Oc5ccc(CCC)cc5)CC4)c4c(-c5ccccc5)cc(-c5nnc(-c6ccccc6)o5)nc34)CC2)cc1. The molecule has 7 aromatic rings. The number of fused-ring (bicyclic) bond motifs is 1. The maximum atomic E-state index is 14.1. The molecule has 0 amide bonds. The van der Waals surface area contributed by atoms with Crippen molar-refractivity contribution in [3.8, 4) is 57.2 Å². The molecule has 2 aliphatic carbocycles. The Morgan fingerprint density at radius 3 is 1.39 bits per heavy atom. The lowest BCUT2D eigenvalue weighted by Crippen LogP contribution is -2.30. The summed E-state index contributed by atoms with van der Waals surface area (Å²) < 4.78 is 30.2. The number of pyridine rings is 1. The van der Waals surface area contributed by atoms with Crippen molar-refractivity contribution in [3.05, 3.63) is 139 Å². The minimum absolute atomic E-state index is 0.138. The Morgan fingerprint density at radius 2 is 0.913 bits per heavy atom. The van der Waals surface area contributed by atoms with Gasteiger partial charge in [0.1, 0.15) is 28.5 Å². The van der Waals surface area contributed by atoms with Gasteiger partial charge in [-0.15, -0.1) is 10.2 Å². The van der Waals surface area contributed by atoms with E-state index in [9.17, 15) is 19.2 Å². The monoisotopic (exact) mass is 925 g/mol. The van der Waals surface area contributed by atoms with Crippen molar-refractivity contribution in [1.29, 1.82) is 0 Å².